The fourth-order valence-corrected chi connectivity index (χ4v) is 5.67. The molecular formula is C29H33ClN4O3. The number of carboxylic acid groups (broad SMARTS) is 1. The van der Waals surface area contributed by atoms with E-state index in [0.717, 1.165) is 73.3 Å². The van der Waals surface area contributed by atoms with Crippen molar-refractivity contribution in [2.24, 2.45) is 18.7 Å². The SMILES string of the molecule is Cc1cccc(Cl)c1C(N)=C(CCN1CCN(c2ccc3c(C(=O)O)cn(C)c3c2)CC1)C(=O)C1CC1. The van der Waals surface area contributed by atoms with Crippen LogP contribution in [0, 0.1) is 12.8 Å². The number of aromatic nitrogens is 1. The normalized spacial score (nSPS) is 17.2. The number of anilines is 1. The van der Waals surface area contributed by atoms with Crippen LogP contribution in [0.5, 0.6) is 0 Å². The van der Waals surface area contributed by atoms with Gasteiger partial charge in [-0.2, -0.15) is 0 Å². The van der Waals surface area contributed by atoms with Gasteiger partial charge in [-0.05, 0) is 56.0 Å². The van der Waals surface area contributed by atoms with Crippen LogP contribution in [0.4, 0.5) is 5.69 Å². The summed E-state index contributed by atoms with van der Waals surface area (Å²) in [5, 5.41) is 10.8. The summed E-state index contributed by atoms with van der Waals surface area (Å²) in [5.74, 6) is -0.639. The van der Waals surface area contributed by atoms with Crippen LogP contribution in [-0.4, -0.2) is 59.0 Å². The summed E-state index contributed by atoms with van der Waals surface area (Å²) in [5.41, 5.74) is 11.9. The summed E-state index contributed by atoms with van der Waals surface area (Å²) in [7, 11) is 1.88. The highest BCUT2D eigenvalue weighted by Crippen LogP contribution is 2.36. The van der Waals surface area contributed by atoms with Gasteiger partial charge in [0.25, 0.3) is 0 Å². The molecule has 0 amide bonds. The van der Waals surface area contributed by atoms with Gasteiger partial charge in [0, 0.05) is 79.8 Å². The third-order valence-corrected chi connectivity index (χ3v) is 8.00. The number of halogens is 1. The molecule has 3 N–H and O–H groups in total. The molecule has 0 radical (unpaired) electrons. The van der Waals surface area contributed by atoms with E-state index in [-0.39, 0.29) is 11.7 Å². The number of aryl methyl sites for hydroxylation is 2. The molecule has 0 unspecified atom stereocenters. The molecule has 37 heavy (non-hydrogen) atoms. The third kappa shape index (κ3) is 5.11. The average molecular weight is 521 g/mol. The Morgan fingerprint density at radius 1 is 1.11 bits per heavy atom. The van der Waals surface area contributed by atoms with Crippen molar-refractivity contribution in [1.29, 1.82) is 0 Å². The smallest absolute Gasteiger partial charge is 0.337 e. The Kier molecular flexibility index (Phi) is 7.01. The molecule has 1 aromatic heterocycles. The number of rotatable bonds is 8. The van der Waals surface area contributed by atoms with E-state index in [1.807, 2.05) is 48.9 Å². The van der Waals surface area contributed by atoms with Gasteiger partial charge in [-0.1, -0.05) is 23.7 Å². The summed E-state index contributed by atoms with van der Waals surface area (Å²) >= 11 is 6.48. The van der Waals surface area contributed by atoms with Crippen LogP contribution in [0.15, 0.2) is 48.2 Å². The maximum absolute atomic E-state index is 13.2. The molecule has 2 aromatic carbocycles. The minimum atomic E-state index is -0.911. The first-order chi connectivity index (χ1) is 17.7. The summed E-state index contributed by atoms with van der Waals surface area (Å²) in [6.07, 6.45) is 4.15. The second-order valence-electron chi connectivity index (χ2n) is 10.2. The maximum Gasteiger partial charge on any atom is 0.337 e. The van der Waals surface area contributed by atoms with Crippen LogP contribution in [0.25, 0.3) is 16.6 Å². The molecule has 2 aliphatic rings. The predicted octanol–water partition coefficient (Wildman–Crippen LogP) is 4.70. The van der Waals surface area contributed by atoms with E-state index in [0.29, 0.717) is 28.3 Å². The summed E-state index contributed by atoms with van der Waals surface area (Å²) in [4.78, 5) is 29.4. The van der Waals surface area contributed by atoms with Crippen molar-refractivity contribution < 1.29 is 14.7 Å². The number of fused-ring (bicyclic) bond motifs is 1. The Hall–Kier alpha value is -3.29. The second-order valence-corrected chi connectivity index (χ2v) is 10.6. The maximum atomic E-state index is 13.2. The van der Waals surface area contributed by atoms with Gasteiger partial charge in [0.15, 0.2) is 5.78 Å². The minimum Gasteiger partial charge on any atom is -0.478 e. The van der Waals surface area contributed by atoms with Crippen LogP contribution in [0.1, 0.15) is 40.7 Å². The average Bonchev–Trinajstić information content (AvgIpc) is 3.67. The first kappa shape index (κ1) is 25.4. The summed E-state index contributed by atoms with van der Waals surface area (Å²) in [6.45, 7) is 6.21. The topological polar surface area (TPSA) is 91.8 Å². The lowest BCUT2D eigenvalue weighted by Crippen LogP contribution is -2.46. The van der Waals surface area contributed by atoms with Crippen molar-refractivity contribution in [3.05, 3.63) is 69.9 Å². The molecule has 3 aromatic rings. The highest BCUT2D eigenvalue weighted by Gasteiger charge is 2.33. The van der Waals surface area contributed by atoms with Gasteiger partial charge in [0.1, 0.15) is 0 Å². The van der Waals surface area contributed by atoms with E-state index >= 15 is 0 Å². The van der Waals surface area contributed by atoms with Crippen molar-refractivity contribution in [2.45, 2.75) is 26.2 Å². The standard InChI is InChI=1S/C29H33ClN4O3/c1-18-4-3-5-24(30)26(18)27(31)22(28(35)19-6-7-19)10-11-33-12-14-34(15-13-33)20-8-9-21-23(29(36)37)17-32(2)25(21)16-20/h3-5,8-9,16-17,19H,6-7,10-15,31H2,1-2H3,(H,36,37). The third-order valence-electron chi connectivity index (χ3n) is 7.68. The number of piperazine rings is 1. The van der Waals surface area contributed by atoms with Crippen molar-refractivity contribution in [1.82, 2.24) is 9.47 Å². The van der Waals surface area contributed by atoms with Crippen molar-refractivity contribution in [2.75, 3.05) is 37.6 Å². The Morgan fingerprint density at radius 2 is 1.84 bits per heavy atom. The molecule has 1 saturated carbocycles. The van der Waals surface area contributed by atoms with Gasteiger partial charge in [0.2, 0.25) is 0 Å². The van der Waals surface area contributed by atoms with Crippen LogP contribution in [0.3, 0.4) is 0 Å². The Morgan fingerprint density at radius 3 is 2.49 bits per heavy atom. The lowest BCUT2D eigenvalue weighted by Gasteiger charge is -2.36. The lowest BCUT2D eigenvalue weighted by molar-refractivity contribution is -0.116. The van der Waals surface area contributed by atoms with Crippen molar-refractivity contribution >= 4 is 45.6 Å². The molecule has 8 heteroatoms. The molecular weight excluding hydrogens is 488 g/mol. The molecule has 0 spiro atoms. The molecule has 1 saturated heterocycles. The summed E-state index contributed by atoms with van der Waals surface area (Å²) < 4.78 is 1.87. The zero-order chi connectivity index (χ0) is 26.3. The number of benzene rings is 2. The molecule has 194 valence electrons. The molecule has 1 aliphatic carbocycles. The highest BCUT2D eigenvalue weighted by atomic mass is 35.5. The minimum absolute atomic E-state index is 0.0993. The van der Waals surface area contributed by atoms with Gasteiger partial charge in [-0.25, -0.2) is 4.79 Å². The molecule has 2 heterocycles. The quantitative estimate of drug-likeness (QED) is 0.418. The van der Waals surface area contributed by atoms with Crippen LogP contribution >= 0.6 is 11.6 Å². The zero-order valence-corrected chi connectivity index (χ0v) is 22.1. The first-order valence-electron chi connectivity index (χ1n) is 12.8. The molecule has 2 fully saturated rings. The number of hydrogen-bond acceptors (Lipinski definition) is 5. The molecule has 0 bridgehead atoms. The van der Waals surface area contributed by atoms with Gasteiger partial charge in [-0.3, -0.25) is 9.69 Å². The lowest BCUT2D eigenvalue weighted by atomic mass is 9.95. The highest BCUT2D eigenvalue weighted by molar-refractivity contribution is 6.32. The van der Waals surface area contributed by atoms with Gasteiger partial charge in [-0.15, -0.1) is 0 Å². The van der Waals surface area contributed by atoms with Gasteiger partial charge >= 0.3 is 5.97 Å². The predicted molar refractivity (Wildman–Crippen MR) is 148 cm³/mol. The number of Topliss-reactive ketones (excluding diaryl/α,β-unsaturated/α-hetero) is 1. The monoisotopic (exact) mass is 520 g/mol. The van der Waals surface area contributed by atoms with Gasteiger partial charge in [0.05, 0.1) is 16.1 Å². The number of carbonyl (C=O) groups is 2. The number of ketones is 1. The Bertz CT molecular complexity index is 1380. The van der Waals surface area contributed by atoms with Crippen LogP contribution < -0.4 is 10.6 Å². The number of aromatic carboxylic acids is 1. The van der Waals surface area contributed by atoms with Crippen LogP contribution in [-0.2, 0) is 11.8 Å². The number of carboxylic acids is 1. The summed E-state index contributed by atoms with van der Waals surface area (Å²) in [6, 6.07) is 11.7. The van der Waals surface area contributed by atoms with Crippen molar-refractivity contribution in [3.63, 3.8) is 0 Å². The van der Waals surface area contributed by atoms with E-state index in [4.69, 9.17) is 17.3 Å². The first-order valence-corrected chi connectivity index (χ1v) is 13.2. The number of hydrogen-bond donors (Lipinski definition) is 2. The molecule has 1 aliphatic heterocycles. The number of nitrogens with zero attached hydrogens (tertiary/aromatic N) is 3. The van der Waals surface area contributed by atoms with E-state index < -0.39 is 5.97 Å². The number of carbonyl (C=O) groups excluding carboxylic acids is 1. The van der Waals surface area contributed by atoms with E-state index in [1.54, 1.807) is 6.20 Å². The zero-order valence-electron chi connectivity index (χ0n) is 21.3. The largest absolute Gasteiger partial charge is 0.478 e. The van der Waals surface area contributed by atoms with Crippen LogP contribution in [0.2, 0.25) is 5.02 Å². The molecule has 7 nitrogen and oxygen atoms in total. The Labute approximate surface area is 222 Å². The molecule has 5 rings (SSSR count). The number of nitrogens with two attached hydrogens (primary N) is 1. The fraction of sp³-hybridized carbons (Fsp3) is 0.379. The molecule has 0 atom stereocenters. The van der Waals surface area contributed by atoms with E-state index in [9.17, 15) is 14.7 Å². The van der Waals surface area contributed by atoms with E-state index in [1.165, 1.54) is 0 Å². The van der Waals surface area contributed by atoms with E-state index in [2.05, 4.69) is 15.9 Å². The van der Waals surface area contributed by atoms with Crippen molar-refractivity contribution in [3.8, 4) is 0 Å². The second kappa shape index (κ2) is 10.2. The van der Waals surface area contributed by atoms with Gasteiger partial charge < -0.3 is 20.3 Å². The fourth-order valence-electron chi connectivity index (χ4n) is 5.35. The Balaban J connectivity index is 1.27.